The molecular formula is C10H22N2O2. The molecule has 1 aliphatic rings. The molecule has 0 aromatic heterocycles. The molecule has 1 heterocycles. The van der Waals surface area contributed by atoms with Gasteiger partial charge < -0.3 is 9.47 Å². The minimum Gasteiger partial charge on any atom is -0.380 e. The van der Waals surface area contributed by atoms with Crippen LogP contribution in [0, 0.1) is 0 Å². The number of hydrogen-bond acceptors (Lipinski definition) is 4. The summed E-state index contributed by atoms with van der Waals surface area (Å²) >= 11 is 0. The van der Waals surface area contributed by atoms with E-state index in [9.17, 15) is 0 Å². The van der Waals surface area contributed by atoms with E-state index in [1.54, 1.807) is 0 Å². The Morgan fingerprint density at radius 3 is 2.86 bits per heavy atom. The molecule has 0 aliphatic carbocycles. The molecule has 1 saturated heterocycles. The maximum atomic E-state index is 5.72. The maximum absolute atomic E-state index is 5.72. The molecular weight excluding hydrogens is 180 g/mol. The summed E-state index contributed by atoms with van der Waals surface area (Å²) in [7, 11) is 0. The Labute approximate surface area is 86.1 Å². The molecule has 0 amide bonds. The van der Waals surface area contributed by atoms with Crippen LogP contribution in [0.3, 0.4) is 0 Å². The van der Waals surface area contributed by atoms with E-state index in [1.165, 1.54) is 0 Å². The zero-order chi connectivity index (χ0) is 10.4. The van der Waals surface area contributed by atoms with Gasteiger partial charge in [-0.2, -0.15) is 0 Å². The Morgan fingerprint density at radius 2 is 2.36 bits per heavy atom. The summed E-state index contributed by atoms with van der Waals surface area (Å²) in [6.45, 7) is 5.63. The summed E-state index contributed by atoms with van der Waals surface area (Å²) < 4.78 is 11.2. The summed E-state index contributed by atoms with van der Waals surface area (Å²) in [5, 5.41) is 0. The summed E-state index contributed by atoms with van der Waals surface area (Å²) in [6.07, 6.45) is 3.82. The van der Waals surface area contributed by atoms with Crippen molar-refractivity contribution in [1.82, 2.24) is 5.43 Å². The Morgan fingerprint density at radius 1 is 1.57 bits per heavy atom. The van der Waals surface area contributed by atoms with Crippen LogP contribution in [0.2, 0.25) is 0 Å². The Bertz CT molecular complexity index is 155. The van der Waals surface area contributed by atoms with Crippen LogP contribution >= 0.6 is 0 Å². The zero-order valence-corrected chi connectivity index (χ0v) is 9.16. The van der Waals surface area contributed by atoms with Crippen LogP contribution < -0.4 is 11.3 Å². The fourth-order valence-electron chi connectivity index (χ4n) is 1.75. The lowest BCUT2D eigenvalue weighted by molar-refractivity contribution is 0.00181. The van der Waals surface area contributed by atoms with Crippen LogP contribution in [0.25, 0.3) is 0 Å². The second-order valence-electron chi connectivity index (χ2n) is 3.91. The van der Waals surface area contributed by atoms with Gasteiger partial charge in [0.05, 0.1) is 24.9 Å². The number of nitrogens with one attached hydrogen (secondary N) is 1. The van der Waals surface area contributed by atoms with Crippen molar-refractivity contribution in [3.05, 3.63) is 0 Å². The molecule has 1 rings (SSSR count). The summed E-state index contributed by atoms with van der Waals surface area (Å²) in [5.74, 6) is 5.47. The number of hydrazine groups is 1. The van der Waals surface area contributed by atoms with Crippen molar-refractivity contribution in [1.29, 1.82) is 0 Å². The van der Waals surface area contributed by atoms with Gasteiger partial charge >= 0.3 is 0 Å². The van der Waals surface area contributed by atoms with Crippen molar-refractivity contribution in [2.24, 2.45) is 5.84 Å². The second-order valence-corrected chi connectivity index (χ2v) is 3.91. The van der Waals surface area contributed by atoms with Crippen LogP contribution in [0.1, 0.15) is 33.1 Å². The third-order valence-corrected chi connectivity index (χ3v) is 2.57. The molecule has 0 radical (unpaired) electrons. The molecule has 0 aromatic rings. The molecule has 1 fully saturated rings. The fourth-order valence-corrected chi connectivity index (χ4v) is 1.75. The van der Waals surface area contributed by atoms with Gasteiger partial charge in [0.15, 0.2) is 0 Å². The van der Waals surface area contributed by atoms with E-state index in [4.69, 9.17) is 15.3 Å². The molecule has 0 saturated carbocycles. The molecule has 0 spiro atoms. The average Bonchev–Trinajstić information content (AvgIpc) is 2.60. The van der Waals surface area contributed by atoms with Gasteiger partial charge in [0, 0.05) is 6.61 Å². The number of hydrogen-bond donors (Lipinski definition) is 2. The van der Waals surface area contributed by atoms with E-state index in [-0.39, 0.29) is 12.1 Å². The van der Waals surface area contributed by atoms with Crippen LogP contribution in [-0.2, 0) is 9.47 Å². The zero-order valence-electron chi connectivity index (χ0n) is 9.16. The van der Waals surface area contributed by atoms with Gasteiger partial charge in [-0.15, -0.1) is 0 Å². The van der Waals surface area contributed by atoms with Gasteiger partial charge in [-0.25, -0.2) is 0 Å². The molecule has 3 N–H and O–H groups in total. The lowest BCUT2D eigenvalue weighted by atomic mass is 10.1. The van der Waals surface area contributed by atoms with Gasteiger partial charge in [0.1, 0.15) is 0 Å². The minimum atomic E-state index is 0.131. The van der Waals surface area contributed by atoms with Crippen molar-refractivity contribution < 1.29 is 9.47 Å². The van der Waals surface area contributed by atoms with Gasteiger partial charge in [0.25, 0.3) is 0 Å². The first-order valence-corrected chi connectivity index (χ1v) is 5.47. The number of nitrogens with two attached hydrogens (primary N) is 1. The van der Waals surface area contributed by atoms with Crippen molar-refractivity contribution >= 4 is 0 Å². The number of ether oxygens (including phenoxy) is 2. The topological polar surface area (TPSA) is 56.5 Å². The summed E-state index contributed by atoms with van der Waals surface area (Å²) in [6, 6.07) is 0.131. The van der Waals surface area contributed by atoms with Gasteiger partial charge in [-0.05, 0) is 26.2 Å². The molecule has 3 atom stereocenters. The first-order valence-electron chi connectivity index (χ1n) is 5.47. The van der Waals surface area contributed by atoms with E-state index >= 15 is 0 Å². The predicted molar refractivity (Wildman–Crippen MR) is 55.8 cm³/mol. The molecule has 3 unspecified atom stereocenters. The van der Waals surface area contributed by atoms with Crippen LogP contribution in [-0.4, -0.2) is 31.5 Å². The molecule has 0 bridgehead atoms. The lowest BCUT2D eigenvalue weighted by Gasteiger charge is -2.22. The van der Waals surface area contributed by atoms with E-state index in [0.29, 0.717) is 12.7 Å². The fraction of sp³-hybridized carbons (Fsp3) is 1.00. The van der Waals surface area contributed by atoms with Gasteiger partial charge in [0.2, 0.25) is 0 Å². The Balaban J connectivity index is 2.23. The number of rotatable bonds is 6. The first-order chi connectivity index (χ1) is 6.77. The predicted octanol–water partition coefficient (Wildman–Crippen LogP) is 0.812. The highest BCUT2D eigenvalue weighted by atomic mass is 16.5. The summed E-state index contributed by atoms with van der Waals surface area (Å²) in [5.41, 5.74) is 2.77. The summed E-state index contributed by atoms with van der Waals surface area (Å²) in [4.78, 5) is 0. The van der Waals surface area contributed by atoms with E-state index < -0.39 is 0 Å². The monoisotopic (exact) mass is 202 g/mol. The largest absolute Gasteiger partial charge is 0.380 e. The van der Waals surface area contributed by atoms with Gasteiger partial charge in [-0.3, -0.25) is 11.3 Å². The molecule has 4 heteroatoms. The molecule has 1 aliphatic heterocycles. The molecule has 4 nitrogen and oxygen atoms in total. The molecule has 14 heavy (non-hydrogen) atoms. The van der Waals surface area contributed by atoms with E-state index in [2.05, 4.69) is 19.3 Å². The SMILES string of the molecule is CCCOCC(NN)C1CCC(C)O1. The Hall–Kier alpha value is -0.160. The minimum absolute atomic E-state index is 0.131. The third-order valence-electron chi connectivity index (χ3n) is 2.57. The first kappa shape index (κ1) is 11.9. The third kappa shape index (κ3) is 3.53. The second kappa shape index (κ2) is 6.35. The normalized spacial score (nSPS) is 29.4. The molecule has 84 valence electrons. The van der Waals surface area contributed by atoms with Crippen molar-refractivity contribution in [2.45, 2.75) is 51.4 Å². The van der Waals surface area contributed by atoms with Crippen molar-refractivity contribution in [2.75, 3.05) is 13.2 Å². The maximum Gasteiger partial charge on any atom is 0.0768 e. The average molecular weight is 202 g/mol. The van der Waals surface area contributed by atoms with E-state index in [1.807, 2.05) is 0 Å². The van der Waals surface area contributed by atoms with Crippen molar-refractivity contribution in [3.63, 3.8) is 0 Å². The van der Waals surface area contributed by atoms with Crippen LogP contribution in [0.4, 0.5) is 0 Å². The highest BCUT2D eigenvalue weighted by molar-refractivity contribution is 4.81. The highest BCUT2D eigenvalue weighted by Gasteiger charge is 2.28. The quantitative estimate of drug-likeness (QED) is 0.380. The lowest BCUT2D eigenvalue weighted by Crippen LogP contribution is -2.47. The standard InChI is InChI=1S/C10H22N2O2/c1-3-6-13-7-9(12-11)10-5-4-8(2)14-10/h8-10,12H,3-7,11H2,1-2H3. The smallest absolute Gasteiger partial charge is 0.0768 e. The highest BCUT2D eigenvalue weighted by Crippen LogP contribution is 2.21. The van der Waals surface area contributed by atoms with E-state index in [0.717, 1.165) is 25.9 Å². The van der Waals surface area contributed by atoms with Crippen molar-refractivity contribution in [3.8, 4) is 0 Å². The van der Waals surface area contributed by atoms with Crippen LogP contribution in [0.15, 0.2) is 0 Å². The van der Waals surface area contributed by atoms with Gasteiger partial charge in [-0.1, -0.05) is 6.92 Å². The Kier molecular flexibility index (Phi) is 5.40. The van der Waals surface area contributed by atoms with Crippen LogP contribution in [0.5, 0.6) is 0 Å². The molecule has 0 aromatic carbocycles.